The number of hydrogen-bond donors (Lipinski definition) is 1. The molecule has 19 heavy (non-hydrogen) atoms. The maximum absolute atomic E-state index is 6.03. The molecule has 0 aliphatic heterocycles. The Labute approximate surface area is 117 Å². The quantitative estimate of drug-likeness (QED) is 0.934. The maximum Gasteiger partial charge on any atom is 0.156 e. The molecule has 0 unspecified atom stereocenters. The van der Waals surface area contributed by atoms with Crippen molar-refractivity contribution in [2.75, 3.05) is 0 Å². The Kier molecular flexibility index (Phi) is 3.29. The third-order valence-electron chi connectivity index (χ3n) is 3.34. The van der Waals surface area contributed by atoms with Gasteiger partial charge < -0.3 is 5.32 Å². The number of hydrogen-bond acceptors (Lipinski definition) is 3. The highest BCUT2D eigenvalue weighted by Crippen LogP contribution is 2.20. The van der Waals surface area contributed by atoms with Crippen molar-refractivity contribution >= 4 is 11.6 Å². The Hall–Kier alpha value is -1.39. The molecule has 1 fully saturated rings. The number of aryl methyl sites for hydroxylation is 2. The van der Waals surface area contributed by atoms with Crippen LogP contribution < -0.4 is 5.32 Å². The van der Waals surface area contributed by atoms with Crippen LogP contribution in [-0.4, -0.2) is 20.8 Å². The van der Waals surface area contributed by atoms with E-state index in [4.69, 9.17) is 11.6 Å². The van der Waals surface area contributed by atoms with Crippen molar-refractivity contribution in [3.8, 4) is 5.82 Å². The van der Waals surface area contributed by atoms with Crippen LogP contribution in [0.5, 0.6) is 0 Å². The van der Waals surface area contributed by atoms with Crippen LogP contribution in [0.15, 0.2) is 18.5 Å². The minimum atomic E-state index is 0.667. The van der Waals surface area contributed by atoms with Gasteiger partial charge in [-0.2, -0.15) is 5.10 Å². The van der Waals surface area contributed by atoms with E-state index in [0.717, 1.165) is 23.6 Å². The molecule has 100 valence electrons. The first-order valence-electron chi connectivity index (χ1n) is 6.54. The van der Waals surface area contributed by atoms with Gasteiger partial charge >= 0.3 is 0 Å². The molecule has 0 aromatic carbocycles. The van der Waals surface area contributed by atoms with Gasteiger partial charge in [-0.05, 0) is 43.9 Å². The molecule has 1 N–H and O–H groups in total. The van der Waals surface area contributed by atoms with Crippen molar-refractivity contribution in [2.24, 2.45) is 0 Å². The second-order valence-corrected chi connectivity index (χ2v) is 5.55. The summed E-state index contributed by atoms with van der Waals surface area (Å²) in [7, 11) is 0. The van der Waals surface area contributed by atoms with Gasteiger partial charge in [0.05, 0.1) is 16.9 Å². The summed E-state index contributed by atoms with van der Waals surface area (Å²) in [6.07, 6.45) is 6.31. The highest BCUT2D eigenvalue weighted by Gasteiger charge is 2.20. The third kappa shape index (κ3) is 2.80. The Balaban J connectivity index is 1.81. The van der Waals surface area contributed by atoms with Gasteiger partial charge in [0, 0.05) is 18.8 Å². The van der Waals surface area contributed by atoms with Gasteiger partial charge in [-0.1, -0.05) is 11.6 Å². The first-order chi connectivity index (χ1) is 9.13. The number of aromatic nitrogens is 3. The van der Waals surface area contributed by atoms with Crippen molar-refractivity contribution < 1.29 is 0 Å². The van der Waals surface area contributed by atoms with Gasteiger partial charge in [0.1, 0.15) is 0 Å². The van der Waals surface area contributed by atoms with E-state index in [9.17, 15) is 0 Å². The fourth-order valence-corrected chi connectivity index (χ4v) is 2.19. The molecule has 4 nitrogen and oxygen atoms in total. The topological polar surface area (TPSA) is 42.7 Å². The van der Waals surface area contributed by atoms with Crippen molar-refractivity contribution in [1.82, 2.24) is 20.1 Å². The van der Waals surface area contributed by atoms with Gasteiger partial charge in [-0.25, -0.2) is 9.67 Å². The Bertz CT molecular complexity index is 582. The summed E-state index contributed by atoms with van der Waals surface area (Å²) in [6, 6.07) is 2.87. The first kappa shape index (κ1) is 12.6. The molecule has 1 saturated carbocycles. The molecule has 0 bridgehead atoms. The minimum absolute atomic E-state index is 0.667. The van der Waals surface area contributed by atoms with Crippen molar-refractivity contribution in [2.45, 2.75) is 39.3 Å². The molecular weight excluding hydrogens is 260 g/mol. The molecule has 0 saturated heterocycles. The highest BCUT2D eigenvalue weighted by molar-refractivity contribution is 6.31. The SMILES string of the molecule is Cc1cc(CNC2CC2)cnc1-n1cc(Cl)c(C)n1. The summed E-state index contributed by atoms with van der Waals surface area (Å²) >= 11 is 6.03. The summed E-state index contributed by atoms with van der Waals surface area (Å²) < 4.78 is 1.74. The number of nitrogens with zero attached hydrogens (tertiary/aromatic N) is 3. The standard InChI is InChI=1S/C14H17ClN4/c1-9-5-11(6-16-12-3-4-12)7-17-14(9)19-8-13(15)10(2)18-19/h5,7-8,12,16H,3-4,6H2,1-2H3. The van der Waals surface area contributed by atoms with Crippen LogP contribution in [-0.2, 0) is 6.54 Å². The predicted molar refractivity (Wildman–Crippen MR) is 75.7 cm³/mol. The number of rotatable bonds is 4. The molecule has 3 rings (SSSR count). The second-order valence-electron chi connectivity index (χ2n) is 5.15. The normalized spacial score (nSPS) is 14.9. The van der Waals surface area contributed by atoms with Gasteiger partial charge in [0.25, 0.3) is 0 Å². The monoisotopic (exact) mass is 276 g/mol. The van der Waals surface area contributed by atoms with E-state index in [2.05, 4.69) is 21.5 Å². The van der Waals surface area contributed by atoms with E-state index in [1.807, 2.05) is 20.0 Å². The zero-order chi connectivity index (χ0) is 13.4. The van der Waals surface area contributed by atoms with Crippen LogP contribution in [0.25, 0.3) is 5.82 Å². The summed E-state index contributed by atoms with van der Waals surface area (Å²) in [4.78, 5) is 4.50. The van der Waals surface area contributed by atoms with E-state index < -0.39 is 0 Å². The lowest BCUT2D eigenvalue weighted by Gasteiger charge is -2.08. The number of halogens is 1. The van der Waals surface area contributed by atoms with E-state index in [1.54, 1.807) is 10.9 Å². The minimum Gasteiger partial charge on any atom is -0.310 e. The number of pyridine rings is 1. The summed E-state index contributed by atoms with van der Waals surface area (Å²) in [6.45, 7) is 4.83. The lowest BCUT2D eigenvalue weighted by Crippen LogP contribution is -2.16. The maximum atomic E-state index is 6.03. The predicted octanol–water partition coefficient (Wildman–Crippen LogP) is 2.79. The first-order valence-corrected chi connectivity index (χ1v) is 6.92. The third-order valence-corrected chi connectivity index (χ3v) is 3.71. The van der Waals surface area contributed by atoms with Crippen LogP contribution in [0, 0.1) is 13.8 Å². The van der Waals surface area contributed by atoms with Crippen molar-refractivity contribution in [3.05, 3.63) is 40.3 Å². The van der Waals surface area contributed by atoms with Gasteiger partial charge in [0.15, 0.2) is 5.82 Å². The van der Waals surface area contributed by atoms with Crippen LogP contribution in [0.1, 0.15) is 29.7 Å². The lowest BCUT2D eigenvalue weighted by molar-refractivity contribution is 0.684. The van der Waals surface area contributed by atoms with Crippen LogP contribution >= 0.6 is 11.6 Å². The van der Waals surface area contributed by atoms with E-state index in [0.29, 0.717) is 11.1 Å². The molecule has 1 aliphatic rings. The Morgan fingerprint density at radius 3 is 2.79 bits per heavy atom. The number of nitrogens with one attached hydrogen (secondary N) is 1. The average Bonchev–Trinajstić information content (AvgIpc) is 3.14. The Morgan fingerprint density at radius 2 is 2.21 bits per heavy atom. The largest absolute Gasteiger partial charge is 0.310 e. The fourth-order valence-electron chi connectivity index (χ4n) is 2.06. The smallest absolute Gasteiger partial charge is 0.156 e. The summed E-state index contributed by atoms with van der Waals surface area (Å²) in [5.74, 6) is 0.838. The molecule has 0 atom stereocenters. The lowest BCUT2D eigenvalue weighted by atomic mass is 10.2. The molecule has 2 aromatic rings. The van der Waals surface area contributed by atoms with Gasteiger partial charge in [0.2, 0.25) is 0 Å². The van der Waals surface area contributed by atoms with E-state index in [-0.39, 0.29) is 0 Å². The molecule has 0 spiro atoms. The zero-order valence-corrected chi connectivity index (χ0v) is 11.9. The van der Waals surface area contributed by atoms with Gasteiger partial charge in [-0.3, -0.25) is 0 Å². The average molecular weight is 277 g/mol. The van der Waals surface area contributed by atoms with Crippen molar-refractivity contribution in [1.29, 1.82) is 0 Å². The van der Waals surface area contributed by atoms with E-state index in [1.165, 1.54) is 18.4 Å². The molecule has 1 aliphatic carbocycles. The molecule has 0 radical (unpaired) electrons. The van der Waals surface area contributed by atoms with Crippen LogP contribution in [0.2, 0.25) is 5.02 Å². The van der Waals surface area contributed by atoms with Crippen LogP contribution in [0.3, 0.4) is 0 Å². The molecule has 0 amide bonds. The highest BCUT2D eigenvalue weighted by atomic mass is 35.5. The second kappa shape index (κ2) is 4.94. The van der Waals surface area contributed by atoms with Crippen molar-refractivity contribution in [3.63, 3.8) is 0 Å². The fraction of sp³-hybridized carbons (Fsp3) is 0.429. The Morgan fingerprint density at radius 1 is 1.42 bits per heavy atom. The molecule has 2 aromatic heterocycles. The molecule has 2 heterocycles. The molecule has 5 heteroatoms. The van der Waals surface area contributed by atoms with Gasteiger partial charge in [-0.15, -0.1) is 0 Å². The zero-order valence-electron chi connectivity index (χ0n) is 11.2. The molecular formula is C14H17ClN4. The van der Waals surface area contributed by atoms with Crippen LogP contribution in [0.4, 0.5) is 0 Å². The summed E-state index contributed by atoms with van der Waals surface area (Å²) in [5, 5.41) is 8.52. The van der Waals surface area contributed by atoms with E-state index >= 15 is 0 Å². The summed E-state index contributed by atoms with van der Waals surface area (Å²) in [5.41, 5.74) is 3.14.